The number of halogens is 1. The Hall–Kier alpha value is -1.06. The van der Waals surface area contributed by atoms with Gasteiger partial charge < -0.3 is 26.6 Å². The third-order valence-electron chi connectivity index (χ3n) is 6.49. The summed E-state index contributed by atoms with van der Waals surface area (Å²) in [4.78, 5) is 0. The van der Waals surface area contributed by atoms with E-state index in [1.165, 1.54) is 17.7 Å². The summed E-state index contributed by atoms with van der Waals surface area (Å²) in [6.07, 6.45) is 6.40. The van der Waals surface area contributed by atoms with Crippen molar-refractivity contribution < 1.29 is 26.6 Å². The highest BCUT2D eigenvalue weighted by Gasteiger charge is 2.55. The zero-order valence-corrected chi connectivity index (χ0v) is 15.8. The molecule has 0 aromatic heterocycles. The van der Waals surface area contributed by atoms with Crippen LogP contribution in [0.15, 0.2) is 43.5 Å². The van der Waals surface area contributed by atoms with Gasteiger partial charge in [0.05, 0.1) is 25.7 Å². The van der Waals surface area contributed by atoms with E-state index in [1.807, 2.05) is 12.1 Å². The maximum Gasteiger partial charge on any atom is 0.115 e. The van der Waals surface area contributed by atoms with Crippen LogP contribution in [0, 0.1) is 5.92 Å². The number of quaternary nitrogens is 1. The number of piperidine rings is 1. The second kappa shape index (κ2) is 6.45. The molecule has 0 spiro atoms. The van der Waals surface area contributed by atoms with Gasteiger partial charge in [-0.25, -0.2) is 0 Å². The van der Waals surface area contributed by atoms with Gasteiger partial charge >= 0.3 is 0 Å². The smallest absolute Gasteiger partial charge is 0.115 e. The molecule has 1 aromatic rings. The molecule has 126 valence electrons. The van der Waals surface area contributed by atoms with Crippen LogP contribution in [0.4, 0.5) is 0 Å². The summed E-state index contributed by atoms with van der Waals surface area (Å²) >= 11 is 0. The van der Waals surface area contributed by atoms with Crippen molar-refractivity contribution in [1.29, 1.82) is 0 Å². The van der Waals surface area contributed by atoms with E-state index < -0.39 is 0 Å². The number of phenolic OH excluding ortho intramolecular Hbond substituents is 1. The molecule has 3 rings (SSSR count). The lowest BCUT2D eigenvalue weighted by molar-refractivity contribution is -0.951. The topological polar surface area (TPSA) is 20.2 Å². The molecule has 1 N–H and O–H groups in total. The first-order valence-corrected chi connectivity index (χ1v) is 8.37. The summed E-state index contributed by atoms with van der Waals surface area (Å²) in [6, 6.07) is 6.57. The fraction of sp³-hybridized carbons (Fsp3) is 0.500. The maximum absolute atomic E-state index is 9.93. The van der Waals surface area contributed by atoms with Gasteiger partial charge in [0.15, 0.2) is 0 Å². The van der Waals surface area contributed by atoms with E-state index in [1.54, 1.807) is 0 Å². The summed E-state index contributed by atoms with van der Waals surface area (Å²) in [5, 5.41) is 9.93. The Morgan fingerprint density at radius 3 is 2.57 bits per heavy atom. The largest absolute Gasteiger partial charge is 1.00 e. The third-order valence-corrected chi connectivity index (χ3v) is 6.49. The van der Waals surface area contributed by atoms with Gasteiger partial charge in [0, 0.05) is 24.2 Å². The molecular formula is C20H28BrNO. The number of phenols is 1. The number of benzene rings is 1. The van der Waals surface area contributed by atoms with Gasteiger partial charge in [0.2, 0.25) is 0 Å². The van der Waals surface area contributed by atoms with E-state index in [9.17, 15) is 5.11 Å². The van der Waals surface area contributed by atoms with Crippen molar-refractivity contribution in [3.63, 3.8) is 0 Å². The zero-order chi connectivity index (χ0) is 16.0. The predicted molar refractivity (Wildman–Crippen MR) is 92.0 cm³/mol. The molecule has 3 heteroatoms. The number of hydrogen-bond acceptors (Lipinski definition) is 1. The van der Waals surface area contributed by atoms with Crippen molar-refractivity contribution in [3.05, 3.63) is 54.6 Å². The average Bonchev–Trinajstić information content (AvgIpc) is 2.48. The Kier molecular flexibility index (Phi) is 5.12. The van der Waals surface area contributed by atoms with E-state index >= 15 is 0 Å². The summed E-state index contributed by atoms with van der Waals surface area (Å²) in [6.45, 7) is 16.0. The minimum atomic E-state index is 0. The maximum atomic E-state index is 9.93. The zero-order valence-electron chi connectivity index (χ0n) is 14.3. The Morgan fingerprint density at radius 1 is 1.30 bits per heavy atom. The van der Waals surface area contributed by atoms with Crippen molar-refractivity contribution in [3.8, 4) is 5.75 Å². The molecule has 0 amide bonds. The predicted octanol–water partition coefficient (Wildman–Crippen LogP) is 0.807. The van der Waals surface area contributed by atoms with Crippen molar-refractivity contribution >= 4 is 0 Å². The molecule has 2 aliphatic rings. The Morgan fingerprint density at radius 2 is 1.96 bits per heavy atom. The second-order valence-electron chi connectivity index (χ2n) is 7.45. The normalized spacial score (nSPS) is 30.7. The highest BCUT2D eigenvalue weighted by atomic mass is 79.9. The van der Waals surface area contributed by atoms with Crippen LogP contribution in [-0.2, 0) is 11.8 Å². The van der Waals surface area contributed by atoms with E-state index in [0.29, 0.717) is 17.7 Å². The van der Waals surface area contributed by atoms with E-state index in [4.69, 9.17) is 0 Å². The number of likely N-dealkylation sites (tertiary alicyclic amines) is 1. The molecule has 1 aliphatic heterocycles. The summed E-state index contributed by atoms with van der Waals surface area (Å²) in [5.41, 5.74) is 2.95. The van der Waals surface area contributed by atoms with Crippen molar-refractivity contribution in [2.24, 2.45) is 5.92 Å². The second-order valence-corrected chi connectivity index (χ2v) is 7.45. The third kappa shape index (κ3) is 2.68. The van der Waals surface area contributed by atoms with Gasteiger partial charge in [-0.2, -0.15) is 0 Å². The molecule has 1 fully saturated rings. The van der Waals surface area contributed by atoms with Crippen LogP contribution in [0.3, 0.4) is 0 Å². The Labute approximate surface area is 150 Å². The van der Waals surface area contributed by atoms with Crippen LogP contribution in [0.2, 0.25) is 0 Å². The highest BCUT2D eigenvalue weighted by molar-refractivity contribution is 5.43. The van der Waals surface area contributed by atoms with E-state index in [-0.39, 0.29) is 22.4 Å². The molecule has 0 radical (unpaired) electrons. The van der Waals surface area contributed by atoms with E-state index in [0.717, 1.165) is 30.4 Å². The minimum Gasteiger partial charge on any atom is -1.00 e. The molecule has 0 saturated carbocycles. The number of hydrogen-bond donors (Lipinski definition) is 1. The molecule has 2 bridgehead atoms. The van der Waals surface area contributed by atoms with Gasteiger partial charge in [-0.3, -0.25) is 0 Å². The van der Waals surface area contributed by atoms with Crippen LogP contribution in [0.5, 0.6) is 5.75 Å². The van der Waals surface area contributed by atoms with Gasteiger partial charge in [0.25, 0.3) is 0 Å². The molecule has 3 atom stereocenters. The molecule has 1 saturated heterocycles. The first-order chi connectivity index (χ1) is 10.5. The quantitative estimate of drug-likeness (QED) is 0.607. The fourth-order valence-electron chi connectivity index (χ4n) is 5.04. The lowest BCUT2D eigenvalue weighted by Crippen LogP contribution is -3.00. The number of nitrogens with zero attached hydrogens (tertiary/aromatic N) is 1. The minimum absolute atomic E-state index is 0. The van der Waals surface area contributed by atoms with Gasteiger partial charge in [-0.05, 0) is 35.4 Å². The summed E-state index contributed by atoms with van der Waals surface area (Å²) in [7, 11) is 0. The molecule has 1 heterocycles. The molecular weight excluding hydrogens is 350 g/mol. The fourth-order valence-corrected chi connectivity index (χ4v) is 5.04. The molecule has 2 nitrogen and oxygen atoms in total. The Bertz CT molecular complexity index is 602. The van der Waals surface area contributed by atoms with Crippen LogP contribution >= 0.6 is 0 Å². The Balaban J connectivity index is 0.00000192. The monoisotopic (exact) mass is 377 g/mol. The summed E-state index contributed by atoms with van der Waals surface area (Å²) < 4.78 is 1.09. The SMILES string of the molecule is C=CC[N+]1(CC=C)CC[C@]2(C)c3cc(O)ccc3C[C@@H]1C2C.[Br-]. The van der Waals surface area contributed by atoms with E-state index in [2.05, 4.69) is 45.2 Å². The molecule has 1 aromatic carbocycles. The average molecular weight is 378 g/mol. The van der Waals surface area contributed by atoms with Crippen LogP contribution in [0.1, 0.15) is 31.4 Å². The number of fused-ring (bicyclic) bond motifs is 4. The summed E-state index contributed by atoms with van der Waals surface area (Å²) in [5.74, 6) is 0.990. The van der Waals surface area contributed by atoms with Crippen LogP contribution in [-0.4, -0.2) is 35.3 Å². The molecule has 1 aliphatic carbocycles. The lowest BCUT2D eigenvalue weighted by atomic mass is 9.58. The van der Waals surface area contributed by atoms with Crippen LogP contribution in [0.25, 0.3) is 0 Å². The van der Waals surface area contributed by atoms with Gasteiger partial charge in [-0.1, -0.05) is 33.1 Å². The number of aromatic hydroxyl groups is 1. The van der Waals surface area contributed by atoms with Crippen LogP contribution < -0.4 is 17.0 Å². The number of rotatable bonds is 4. The molecule has 1 unspecified atom stereocenters. The highest BCUT2D eigenvalue weighted by Crippen LogP contribution is 2.51. The van der Waals surface area contributed by atoms with Gasteiger partial charge in [0.1, 0.15) is 5.75 Å². The van der Waals surface area contributed by atoms with Crippen molar-refractivity contribution in [2.45, 2.75) is 38.1 Å². The van der Waals surface area contributed by atoms with Crippen molar-refractivity contribution in [1.82, 2.24) is 0 Å². The first-order valence-electron chi connectivity index (χ1n) is 8.37. The first kappa shape index (κ1) is 18.3. The lowest BCUT2D eigenvalue weighted by Gasteiger charge is -2.59. The van der Waals surface area contributed by atoms with Crippen molar-refractivity contribution in [2.75, 3.05) is 19.6 Å². The molecule has 23 heavy (non-hydrogen) atoms. The standard InChI is InChI=1S/C20H27NO.BrH/c1-5-10-21(11-6-2)12-9-20(4)15(3)19(21)13-16-7-8-17(22)14-18(16)20;/h5-8,14-15,19H,1-2,9-13H2,3-4H3;1H/t15?,19-,20+;/m1./s1. The van der Waals surface area contributed by atoms with Gasteiger partial charge in [-0.15, -0.1) is 0 Å².